The predicted octanol–water partition coefficient (Wildman–Crippen LogP) is 1.25. The van der Waals surface area contributed by atoms with E-state index < -0.39 is 0 Å². The number of piperazine rings is 1. The van der Waals surface area contributed by atoms with Crippen molar-refractivity contribution >= 4 is 21.6 Å². The maximum absolute atomic E-state index is 12.1. The maximum Gasteiger partial charge on any atom is 0.283 e. The van der Waals surface area contributed by atoms with Crippen molar-refractivity contribution in [1.82, 2.24) is 19.6 Å². The van der Waals surface area contributed by atoms with E-state index in [1.54, 1.807) is 6.20 Å². The highest BCUT2D eigenvalue weighted by atomic mass is 79.9. The first-order chi connectivity index (χ1) is 9.99. The number of anilines is 1. The summed E-state index contributed by atoms with van der Waals surface area (Å²) >= 11 is 3.38. The van der Waals surface area contributed by atoms with Gasteiger partial charge < -0.3 is 10.2 Å². The van der Waals surface area contributed by atoms with E-state index >= 15 is 0 Å². The van der Waals surface area contributed by atoms with Crippen molar-refractivity contribution in [2.45, 2.75) is 19.9 Å². The zero-order valence-corrected chi connectivity index (χ0v) is 14.6. The van der Waals surface area contributed by atoms with Gasteiger partial charge in [-0.1, -0.05) is 0 Å². The molecule has 1 aromatic heterocycles. The van der Waals surface area contributed by atoms with Gasteiger partial charge in [-0.3, -0.25) is 9.69 Å². The van der Waals surface area contributed by atoms with E-state index in [0.717, 1.165) is 45.0 Å². The molecule has 118 valence electrons. The van der Waals surface area contributed by atoms with Crippen molar-refractivity contribution in [3.8, 4) is 0 Å². The van der Waals surface area contributed by atoms with E-state index in [1.807, 2.05) is 13.8 Å². The molecule has 1 aliphatic heterocycles. The van der Waals surface area contributed by atoms with Gasteiger partial charge >= 0.3 is 0 Å². The number of rotatable bonds is 5. The van der Waals surface area contributed by atoms with Crippen LogP contribution < -0.4 is 10.9 Å². The third-order valence-corrected chi connectivity index (χ3v) is 4.54. The molecule has 0 radical (unpaired) electrons. The number of aromatic nitrogens is 2. The molecule has 2 rings (SSSR count). The Balaban J connectivity index is 1.89. The largest absolute Gasteiger partial charge is 0.381 e. The normalized spacial score (nSPS) is 17.4. The van der Waals surface area contributed by atoms with Crippen LogP contribution in [0.1, 0.15) is 19.9 Å². The average Bonchev–Trinajstić information content (AvgIpc) is 2.45. The first-order valence-corrected chi connectivity index (χ1v) is 8.20. The summed E-state index contributed by atoms with van der Waals surface area (Å²) in [5.41, 5.74) is 0.681. The molecule has 0 amide bonds. The Morgan fingerprint density at radius 3 is 2.62 bits per heavy atom. The molecule has 1 saturated heterocycles. The smallest absolute Gasteiger partial charge is 0.283 e. The quantitative estimate of drug-likeness (QED) is 0.859. The van der Waals surface area contributed by atoms with E-state index in [2.05, 4.69) is 43.2 Å². The van der Waals surface area contributed by atoms with Crippen molar-refractivity contribution in [1.29, 1.82) is 0 Å². The molecular formula is C14H24BrN5O. The fourth-order valence-corrected chi connectivity index (χ4v) is 2.78. The Morgan fingerprint density at radius 2 is 2.00 bits per heavy atom. The highest BCUT2D eigenvalue weighted by Crippen LogP contribution is 2.16. The average molecular weight is 358 g/mol. The maximum atomic E-state index is 12.1. The summed E-state index contributed by atoms with van der Waals surface area (Å²) in [6.45, 7) is 10.1. The SMILES string of the molecule is CC(C)n1ncc(NCCN2CCN(C)CC2)c(Br)c1=O. The Kier molecular flexibility index (Phi) is 5.78. The van der Waals surface area contributed by atoms with E-state index in [0.29, 0.717) is 4.47 Å². The van der Waals surface area contributed by atoms with Crippen LogP contribution in [0.3, 0.4) is 0 Å². The lowest BCUT2D eigenvalue weighted by atomic mass is 10.3. The van der Waals surface area contributed by atoms with Gasteiger partial charge in [0.15, 0.2) is 0 Å². The number of hydrogen-bond donors (Lipinski definition) is 1. The van der Waals surface area contributed by atoms with Gasteiger partial charge in [0.2, 0.25) is 0 Å². The van der Waals surface area contributed by atoms with Crippen LogP contribution >= 0.6 is 15.9 Å². The van der Waals surface area contributed by atoms with Gasteiger partial charge in [-0.25, -0.2) is 4.68 Å². The molecule has 0 aliphatic carbocycles. The number of likely N-dealkylation sites (N-methyl/N-ethyl adjacent to an activating group) is 1. The molecule has 0 bridgehead atoms. The lowest BCUT2D eigenvalue weighted by Crippen LogP contribution is -2.45. The van der Waals surface area contributed by atoms with Gasteiger partial charge in [0.1, 0.15) is 4.47 Å². The summed E-state index contributed by atoms with van der Waals surface area (Å²) in [6.07, 6.45) is 1.72. The van der Waals surface area contributed by atoms with Crippen LogP contribution in [-0.2, 0) is 0 Å². The molecule has 0 unspecified atom stereocenters. The van der Waals surface area contributed by atoms with Crippen molar-refractivity contribution in [3.63, 3.8) is 0 Å². The fraction of sp³-hybridized carbons (Fsp3) is 0.714. The van der Waals surface area contributed by atoms with E-state index in [9.17, 15) is 4.79 Å². The van der Waals surface area contributed by atoms with Crippen molar-refractivity contribution in [2.24, 2.45) is 0 Å². The van der Waals surface area contributed by atoms with Gasteiger partial charge in [-0.15, -0.1) is 0 Å². The molecule has 0 aromatic carbocycles. The van der Waals surface area contributed by atoms with Crippen molar-refractivity contribution in [3.05, 3.63) is 21.0 Å². The monoisotopic (exact) mass is 357 g/mol. The van der Waals surface area contributed by atoms with E-state index in [4.69, 9.17) is 0 Å². The van der Waals surface area contributed by atoms with Crippen LogP contribution in [0, 0.1) is 0 Å². The highest BCUT2D eigenvalue weighted by Gasteiger charge is 2.14. The second-order valence-electron chi connectivity index (χ2n) is 5.79. The van der Waals surface area contributed by atoms with Crippen LogP contribution in [0.2, 0.25) is 0 Å². The number of hydrogen-bond acceptors (Lipinski definition) is 5. The number of nitrogens with zero attached hydrogens (tertiary/aromatic N) is 4. The predicted molar refractivity (Wildman–Crippen MR) is 89.0 cm³/mol. The summed E-state index contributed by atoms with van der Waals surface area (Å²) in [7, 11) is 2.15. The van der Waals surface area contributed by atoms with Crippen LogP contribution in [0.5, 0.6) is 0 Å². The van der Waals surface area contributed by atoms with Crippen LogP contribution in [-0.4, -0.2) is 65.9 Å². The lowest BCUT2D eigenvalue weighted by Gasteiger charge is -2.32. The Labute approximate surface area is 134 Å². The third-order valence-electron chi connectivity index (χ3n) is 3.77. The summed E-state index contributed by atoms with van der Waals surface area (Å²) in [4.78, 5) is 16.9. The second kappa shape index (κ2) is 7.38. The summed E-state index contributed by atoms with van der Waals surface area (Å²) in [6, 6.07) is 0.0631. The zero-order valence-electron chi connectivity index (χ0n) is 13.0. The minimum atomic E-state index is -0.0883. The first-order valence-electron chi connectivity index (χ1n) is 7.41. The summed E-state index contributed by atoms with van der Waals surface area (Å²) in [5.74, 6) is 0. The molecule has 1 aromatic rings. The fourth-order valence-electron chi connectivity index (χ4n) is 2.36. The number of nitrogens with one attached hydrogen (secondary N) is 1. The molecule has 0 spiro atoms. The van der Waals surface area contributed by atoms with Crippen molar-refractivity contribution in [2.75, 3.05) is 51.6 Å². The standard InChI is InChI=1S/C14H24BrN5O/c1-11(2)20-14(21)13(15)12(10-17-20)16-4-5-19-8-6-18(3)7-9-19/h10-11,16H,4-9H2,1-3H3. The minimum absolute atomic E-state index is 0.0631. The molecule has 1 aliphatic rings. The van der Waals surface area contributed by atoms with Crippen LogP contribution in [0.4, 0.5) is 5.69 Å². The molecule has 2 heterocycles. The number of halogens is 1. The molecular weight excluding hydrogens is 334 g/mol. The minimum Gasteiger partial charge on any atom is -0.381 e. The molecule has 7 heteroatoms. The van der Waals surface area contributed by atoms with E-state index in [1.165, 1.54) is 4.68 Å². The lowest BCUT2D eigenvalue weighted by molar-refractivity contribution is 0.158. The Bertz CT molecular complexity index is 523. The van der Waals surface area contributed by atoms with Gasteiger partial charge in [-0.2, -0.15) is 5.10 Å². The highest BCUT2D eigenvalue weighted by molar-refractivity contribution is 9.10. The van der Waals surface area contributed by atoms with Crippen LogP contribution in [0.15, 0.2) is 15.5 Å². The summed E-state index contributed by atoms with van der Waals surface area (Å²) < 4.78 is 2.04. The summed E-state index contributed by atoms with van der Waals surface area (Å²) in [5, 5.41) is 7.51. The molecule has 0 saturated carbocycles. The van der Waals surface area contributed by atoms with Gasteiger partial charge in [0.05, 0.1) is 17.9 Å². The van der Waals surface area contributed by atoms with Crippen LogP contribution in [0.25, 0.3) is 0 Å². The van der Waals surface area contributed by atoms with E-state index in [-0.39, 0.29) is 11.6 Å². The molecule has 6 nitrogen and oxygen atoms in total. The van der Waals surface area contributed by atoms with Gasteiger partial charge in [0.25, 0.3) is 5.56 Å². The van der Waals surface area contributed by atoms with Gasteiger partial charge in [-0.05, 0) is 36.8 Å². The molecule has 21 heavy (non-hydrogen) atoms. The topological polar surface area (TPSA) is 53.4 Å². The Morgan fingerprint density at radius 1 is 1.33 bits per heavy atom. The second-order valence-corrected chi connectivity index (χ2v) is 6.58. The molecule has 1 N–H and O–H groups in total. The molecule has 1 fully saturated rings. The van der Waals surface area contributed by atoms with Crippen molar-refractivity contribution < 1.29 is 0 Å². The third kappa shape index (κ3) is 4.28. The first kappa shape index (κ1) is 16.5. The molecule has 0 atom stereocenters. The Hall–Kier alpha value is -0.920. The van der Waals surface area contributed by atoms with Gasteiger partial charge in [0, 0.05) is 39.3 Å². The zero-order chi connectivity index (χ0) is 15.4.